The molecule has 10 heteroatoms. The third-order valence-corrected chi connectivity index (χ3v) is 4.15. The Morgan fingerprint density at radius 2 is 1.64 bits per heavy atom. The Bertz CT molecular complexity index is 379. The molecule has 0 amide bonds. The molecule has 2 saturated heterocycles. The van der Waals surface area contributed by atoms with Crippen LogP contribution in [0.2, 0.25) is 0 Å². The van der Waals surface area contributed by atoms with Crippen molar-refractivity contribution in [2.45, 2.75) is 48.3 Å². The first kappa shape index (κ1) is 17.9. The molecule has 2 aliphatic heterocycles. The Morgan fingerprint density at radius 3 is 2.18 bits per heavy atom. The Morgan fingerprint density at radius 1 is 1.00 bits per heavy atom. The van der Waals surface area contributed by atoms with E-state index in [2.05, 4.69) is 0 Å². The lowest BCUT2D eigenvalue weighted by atomic mass is 9.78. The molecule has 0 aromatic heterocycles. The summed E-state index contributed by atoms with van der Waals surface area (Å²) < 4.78 is 10.2. The van der Waals surface area contributed by atoms with Gasteiger partial charge in [0.05, 0.1) is 19.8 Å². The van der Waals surface area contributed by atoms with Gasteiger partial charge >= 0.3 is 0 Å². The molecule has 22 heavy (non-hydrogen) atoms. The highest BCUT2D eigenvalue weighted by Gasteiger charge is 2.60. The Hall–Kier alpha value is -0.400. The van der Waals surface area contributed by atoms with Crippen LogP contribution >= 0.6 is 0 Å². The Labute approximate surface area is 125 Å². The van der Waals surface area contributed by atoms with Crippen molar-refractivity contribution in [1.82, 2.24) is 0 Å². The number of ether oxygens (including phenoxy) is 2. The first-order chi connectivity index (χ1) is 10.3. The molecular formula is C12H21O10. The van der Waals surface area contributed by atoms with Gasteiger partial charge < -0.3 is 50.3 Å². The quantitative estimate of drug-likeness (QED) is 0.251. The summed E-state index contributed by atoms with van der Waals surface area (Å²) >= 11 is 0. The average molecular weight is 325 g/mol. The lowest BCUT2D eigenvalue weighted by molar-refractivity contribution is -0.310. The molecule has 0 bridgehead atoms. The van der Waals surface area contributed by atoms with E-state index < -0.39 is 74.3 Å². The third kappa shape index (κ3) is 2.76. The minimum Gasteiger partial charge on any atom is -0.394 e. The summed E-state index contributed by atoms with van der Waals surface area (Å²) in [5.74, 6) is 0. The maximum atomic E-state index is 10.5. The lowest BCUT2D eigenvalue weighted by Gasteiger charge is -2.51. The van der Waals surface area contributed by atoms with E-state index in [4.69, 9.17) is 19.7 Å². The van der Waals surface area contributed by atoms with Crippen molar-refractivity contribution in [3.63, 3.8) is 0 Å². The first-order valence-electron chi connectivity index (χ1n) is 6.77. The summed E-state index contributed by atoms with van der Waals surface area (Å²) in [6.45, 7) is -1.96. The van der Waals surface area contributed by atoms with Crippen molar-refractivity contribution in [2.75, 3.05) is 19.8 Å². The average Bonchev–Trinajstić information content (AvgIpc) is 2.51. The molecule has 0 spiro atoms. The van der Waals surface area contributed by atoms with Gasteiger partial charge in [-0.2, -0.15) is 0 Å². The van der Waals surface area contributed by atoms with Gasteiger partial charge in [-0.15, -0.1) is 0 Å². The fourth-order valence-corrected chi connectivity index (χ4v) is 2.73. The minimum atomic E-state index is -2.34. The molecular weight excluding hydrogens is 304 g/mol. The Balaban J connectivity index is 2.24. The summed E-state index contributed by atoms with van der Waals surface area (Å²) in [4.78, 5) is 0. The number of hydrogen-bond acceptors (Lipinski definition) is 10. The van der Waals surface area contributed by atoms with Gasteiger partial charge in [0, 0.05) is 0 Å². The SMILES string of the molecule is OC[C@H]1OC[C@@](O)([C@@H]2O[C@H](CO)[C@@H](O)[C@H](O)[C@H]2O)[C@@H](O)[C]1O. The monoisotopic (exact) mass is 325 g/mol. The van der Waals surface area contributed by atoms with E-state index in [1.165, 1.54) is 0 Å². The Kier molecular flexibility index (Phi) is 5.39. The second kappa shape index (κ2) is 6.61. The van der Waals surface area contributed by atoms with Crippen LogP contribution in [0, 0.1) is 6.10 Å². The van der Waals surface area contributed by atoms with Gasteiger partial charge in [-0.3, -0.25) is 0 Å². The number of aliphatic hydroxyl groups is 8. The van der Waals surface area contributed by atoms with Crippen LogP contribution in [-0.2, 0) is 9.47 Å². The van der Waals surface area contributed by atoms with Crippen LogP contribution in [0.3, 0.4) is 0 Å². The molecule has 0 aliphatic carbocycles. The fraction of sp³-hybridized carbons (Fsp3) is 0.917. The summed E-state index contributed by atoms with van der Waals surface area (Å²) in [7, 11) is 0. The molecule has 2 heterocycles. The molecule has 8 N–H and O–H groups in total. The molecule has 2 fully saturated rings. The van der Waals surface area contributed by atoms with Crippen LogP contribution in [0.25, 0.3) is 0 Å². The summed E-state index contributed by atoms with van der Waals surface area (Å²) in [5.41, 5.74) is -2.34. The summed E-state index contributed by atoms with van der Waals surface area (Å²) in [6, 6.07) is 0. The molecule has 2 aliphatic rings. The van der Waals surface area contributed by atoms with E-state index >= 15 is 0 Å². The van der Waals surface area contributed by atoms with Crippen molar-refractivity contribution in [2.24, 2.45) is 0 Å². The third-order valence-electron chi connectivity index (χ3n) is 4.15. The van der Waals surface area contributed by atoms with Crippen LogP contribution in [0.5, 0.6) is 0 Å². The first-order valence-corrected chi connectivity index (χ1v) is 6.77. The molecule has 0 aromatic rings. The van der Waals surface area contributed by atoms with Crippen LogP contribution in [-0.4, -0.2) is 109 Å². The summed E-state index contributed by atoms with van der Waals surface area (Å²) in [6.07, 6.45) is -12.0. The highest BCUT2D eigenvalue weighted by molar-refractivity contribution is 5.14. The minimum absolute atomic E-state index is 0.619. The largest absolute Gasteiger partial charge is 0.394 e. The molecule has 0 unspecified atom stereocenters. The van der Waals surface area contributed by atoms with Gasteiger partial charge in [-0.05, 0) is 0 Å². The smallest absolute Gasteiger partial charge is 0.155 e. The predicted octanol–water partition coefficient (Wildman–Crippen LogP) is -4.78. The zero-order valence-corrected chi connectivity index (χ0v) is 11.6. The fourth-order valence-electron chi connectivity index (χ4n) is 2.73. The van der Waals surface area contributed by atoms with Crippen molar-refractivity contribution in [1.29, 1.82) is 0 Å². The highest BCUT2D eigenvalue weighted by atomic mass is 16.6. The van der Waals surface area contributed by atoms with Gasteiger partial charge in [0.2, 0.25) is 0 Å². The van der Waals surface area contributed by atoms with Crippen LogP contribution in [0.1, 0.15) is 0 Å². The van der Waals surface area contributed by atoms with Crippen LogP contribution in [0.4, 0.5) is 0 Å². The zero-order valence-electron chi connectivity index (χ0n) is 11.6. The van der Waals surface area contributed by atoms with Crippen LogP contribution < -0.4 is 0 Å². The summed E-state index contributed by atoms with van der Waals surface area (Å²) in [5, 5.41) is 77.9. The molecule has 0 aromatic carbocycles. The maximum Gasteiger partial charge on any atom is 0.155 e. The van der Waals surface area contributed by atoms with Crippen molar-refractivity contribution >= 4 is 0 Å². The predicted molar refractivity (Wildman–Crippen MR) is 66.7 cm³/mol. The molecule has 1 radical (unpaired) electrons. The van der Waals surface area contributed by atoms with Gasteiger partial charge in [-0.25, -0.2) is 0 Å². The van der Waals surface area contributed by atoms with E-state index in [1.54, 1.807) is 0 Å². The molecule has 10 nitrogen and oxygen atoms in total. The van der Waals surface area contributed by atoms with Gasteiger partial charge in [0.25, 0.3) is 0 Å². The standard InChI is InChI=1S/C12H21O10/c13-1-4-7(16)10(19)12(20,3-21-4)11-9(18)8(17)6(15)5(2-14)22-11/h4-6,8-11,13-20H,1-3H2/t4-,5-,6-,8+,9-,10+,11-,12+/m1/s1. The number of hydrogen-bond donors (Lipinski definition) is 8. The zero-order chi connectivity index (χ0) is 16.7. The second-order valence-electron chi connectivity index (χ2n) is 5.55. The van der Waals surface area contributed by atoms with Crippen molar-refractivity contribution in [3.05, 3.63) is 6.10 Å². The van der Waals surface area contributed by atoms with E-state index in [0.29, 0.717) is 0 Å². The second-order valence-corrected chi connectivity index (χ2v) is 5.55. The molecule has 129 valence electrons. The molecule has 2 rings (SSSR count). The number of aliphatic hydroxyl groups excluding tert-OH is 7. The van der Waals surface area contributed by atoms with Gasteiger partial charge in [-0.1, -0.05) is 0 Å². The van der Waals surface area contributed by atoms with E-state index in [9.17, 15) is 30.6 Å². The van der Waals surface area contributed by atoms with Gasteiger partial charge in [0.1, 0.15) is 48.3 Å². The van der Waals surface area contributed by atoms with E-state index in [1.807, 2.05) is 0 Å². The van der Waals surface area contributed by atoms with E-state index in [0.717, 1.165) is 0 Å². The van der Waals surface area contributed by atoms with E-state index in [-0.39, 0.29) is 0 Å². The van der Waals surface area contributed by atoms with Crippen molar-refractivity contribution < 1.29 is 50.3 Å². The topological polar surface area (TPSA) is 180 Å². The normalized spacial score (nSPS) is 51.0. The van der Waals surface area contributed by atoms with Crippen LogP contribution in [0.15, 0.2) is 0 Å². The highest BCUT2D eigenvalue weighted by Crippen LogP contribution is 2.37. The lowest BCUT2D eigenvalue weighted by Crippen LogP contribution is -2.72. The number of rotatable bonds is 3. The van der Waals surface area contributed by atoms with Crippen molar-refractivity contribution in [3.8, 4) is 0 Å². The van der Waals surface area contributed by atoms with Gasteiger partial charge in [0.15, 0.2) is 6.10 Å². The molecule has 8 atom stereocenters. The molecule has 0 saturated carbocycles. The maximum absolute atomic E-state index is 10.5.